The van der Waals surface area contributed by atoms with Crippen LogP contribution in [0.4, 0.5) is 22.0 Å². The van der Waals surface area contributed by atoms with Crippen molar-refractivity contribution in [3.05, 3.63) is 57.5 Å². The van der Waals surface area contributed by atoms with Crippen LogP contribution in [-0.2, 0) is 10.0 Å². The molecule has 26 heavy (non-hydrogen) atoms. The molecule has 0 spiro atoms. The van der Waals surface area contributed by atoms with Crippen LogP contribution in [0.25, 0.3) is 0 Å². The molecule has 2 aromatic rings. The molecule has 0 saturated carbocycles. The average molecular weight is 729 g/mol. The first kappa shape index (κ1) is 22.0. The number of carbonyl (C=O) groups is 1. The molecule has 4 nitrogen and oxygen atoms in total. The Kier molecular flexibility index (Phi) is 6.75. The molecule has 0 saturated heterocycles. The molecule has 13 heteroatoms. The molecule has 0 fully saturated rings. The molecular weight excluding hydrogens is 726 g/mol. The fourth-order valence-corrected chi connectivity index (χ4v) is 5.28. The quantitative estimate of drug-likeness (QED) is 0.222. The summed E-state index contributed by atoms with van der Waals surface area (Å²) in [6, 6.07) is 2.98. The number of hydrogen-bond acceptors (Lipinski definition) is 3. The molecule has 0 aliphatic carbocycles. The second kappa shape index (κ2) is 7.98. The molecule has 140 valence electrons. The van der Waals surface area contributed by atoms with Crippen molar-refractivity contribution in [1.29, 1.82) is 0 Å². The Bertz CT molecular complexity index is 1020. The van der Waals surface area contributed by atoms with Crippen LogP contribution in [0.15, 0.2) is 17.0 Å². The normalized spacial score (nSPS) is 11.5. The zero-order valence-corrected chi connectivity index (χ0v) is 19.1. The van der Waals surface area contributed by atoms with Crippen LogP contribution in [0.2, 0.25) is 0 Å². The zero-order chi connectivity index (χ0) is 20.0. The van der Waals surface area contributed by atoms with Crippen LogP contribution in [0.5, 0.6) is 0 Å². The molecule has 1 N–H and O–H groups in total. The van der Waals surface area contributed by atoms with Gasteiger partial charge in [0.25, 0.3) is 15.9 Å². The minimum atomic E-state index is -5.38. The van der Waals surface area contributed by atoms with Gasteiger partial charge in [-0.15, -0.1) is 0 Å². The van der Waals surface area contributed by atoms with Gasteiger partial charge >= 0.3 is 0 Å². The highest BCUT2D eigenvalue weighted by molar-refractivity contribution is 14.1. The molecule has 0 aliphatic rings. The van der Waals surface area contributed by atoms with Gasteiger partial charge in [-0.2, -0.15) is 0 Å². The minimum Gasteiger partial charge on any atom is -0.268 e. The third-order valence-electron chi connectivity index (χ3n) is 2.90. The van der Waals surface area contributed by atoms with Gasteiger partial charge in [-0.25, -0.2) is 35.1 Å². The second-order valence-electron chi connectivity index (χ2n) is 4.58. The summed E-state index contributed by atoms with van der Waals surface area (Å²) in [6.45, 7) is 0. The van der Waals surface area contributed by atoms with E-state index in [0.717, 1.165) is 0 Å². The summed E-state index contributed by atoms with van der Waals surface area (Å²) in [5.41, 5.74) is -0.144. The number of hydrogen-bond donors (Lipinski definition) is 1. The molecule has 0 radical (unpaired) electrons. The van der Waals surface area contributed by atoms with Crippen molar-refractivity contribution in [2.24, 2.45) is 0 Å². The topological polar surface area (TPSA) is 63.2 Å². The van der Waals surface area contributed by atoms with Crippen molar-refractivity contribution >= 4 is 83.7 Å². The molecular formula is C13H3F5I3NO3S. The maximum atomic E-state index is 13.7. The summed E-state index contributed by atoms with van der Waals surface area (Å²) in [7, 11) is -5.38. The van der Waals surface area contributed by atoms with Gasteiger partial charge in [0.1, 0.15) is 0 Å². The first-order valence-electron chi connectivity index (χ1n) is 6.11. The summed E-state index contributed by atoms with van der Waals surface area (Å²) in [5, 5.41) is 0. The van der Waals surface area contributed by atoms with E-state index in [-0.39, 0.29) is 5.56 Å². The van der Waals surface area contributed by atoms with E-state index in [1.54, 1.807) is 28.7 Å². The van der Waals surface area contributed by atoms with E-state index in [0.29, 0.717) is 10.7 Å². The Hall–Kier alpha value is -0.300. The smallest absolute Gasteiger partial charge is 0.268 e. The Morgan fingerprint density at radius 1 is 0.846 bits per heavy atom. The van der Waals surface area contributed by atoms with Crippen molar-refractivity contribution in [3.63, 3.8) is 0 Å². The van der Waals surface area contributed by atoms with Crippen LogP contribution in [-0.4, -0.2) is 14.3 Å². The fraction of sp³-hybridized carbons (Fsp3) is 0. The predicted molar refractivity (Wildman–Crippen MR) is 105 cm³/mol. The van der Waals surface area contributed by atoms with Gasteiger partial charge in [0, 0.05) is 10.7 Å². The second-order valence-corrected chi connectivity index (χ2v) is 9.69. The summed E-state index contributed by atoms with van der Waals surface area (Å²) in [5.74, 6) is -13.8. The van der Waals surface area contributed by atoms with Crippen LogP contribution in [0.3, 0.4) is 0 Å². The van der Waals surface area contributed by atoms with Crippen molar-refractivity contribution in [2.75, 3.05) is 0 Å². The van der Waals surface area contributed by atoms with Crippen LogP contribution >= 0.6 is 67.8 Å². The largest absolute Gasteiger partial charge is 0.270 e. The lowest BCUT2D eigenvalue weighted by Gasteiger charge is -2.12. The maximum Gasteiger partial charge on any atom is 0.270 e. The number of amides is 1. The summed E-state index contributed by atoms with van der Waals surface area (Å²) in [4.78, 5) is 10.1. The molecule has 2 aromatic carbocycles. The Balaban J connectivity index is 2.56. The predicted octanol–water partition coefficient (Wildman–Crippen LogP) is 4.31. The van der Waals surface area contributed by atoms with Crippen molar-refractivity contribution in [1.82, 2.24) is 4.72 Å². The Morgan fingerprint density at radius 2 is 1.31 bits per heavy atom. The highest BCUT2D eigenvalue weighted by Gasteiger charge is 2.35. The van der Waals surface area contributed by atoms with E-state index in [1.165, 1.54) is 10.8 Å². The van der Waals surface area contributed by atoms with Gasteiger partial charge in [0.05, 0.1) is 5.56 Å². The van der Waals surface area contributed by atoms with Crippen LogP contribution < -0.4 is 4.72 Å². The third-order valence-corrected chi connectivity index (χ3v) is 7.92. The highest BCUT2D eigenvalue weighted by Crippen LogP contribution is 2.27. The summed E-state index contributed by atoms with van der Waals surface area (Å²) in [6.07, 6.45) is 0. The number of carbonyl (C=O) groups excluding carboxylic acids is 1. The number of benzene rings is 2. The van der Waals surface area contributed by atoms with E-state index in [1.807, 2.05) is 45.2 Å². The first-order chi connectivity index (χ1) is 11.9. The summed E-state index contributed by atoms with van der Waals surface area (Å²) < 4.78 is 93.9. The van der Waals surface area contributed by atoms with Crippen LogP contribution in [0, 0.1) is 39.8 Å². The summed E-state index contributed by atoms with van der Waals surface area (Å²) >= 11 is 5.48. The zero-order valence-electron chi connectivity index (χ0n) is 11.8. The highest BCUT2D eigenvalue weighted by atomic mass is 127. The van der Waals surface area contributed by atoms with Gasteiger partial charge < -0.3 is 0 Å². The van der Waals surface area contributed by atoms with E-state index >= 15 is 0 Å². The van der Waals surface area contributed by atoms with E-state index < -0.39 is 49.9 Å². The molecule has 2 rings (SSSR count). The molecule has 0 aliphatic heterocycles. The van der Waals surface area contributed by atoms with Crippen molar-refractivity contribution < 1.29 is 35.2 Å². The fourth-order valence-electron chi connectivity index (χ4n) is 1.77. The lowest BCUT2D eigenvalue weighted by Crippen LogP contribution is -2.33. The molecule has 0 aromatic heterocycles. The molecule has 0 heterocycles. The monoisotopic (exact) mass is 729 g/mol. The van der Waals surface area contributed by atoms with Crippen molar-refractivity contribution in [3.8, 4) is 0 Å². The number of sulfonamides is 1. The van der Waals surface area contributed by atoms with E-state index in [9.17, 15) is 35.2 Å². The Labute approximate surface area is 184 Å². The van der Waals surface area contributed by atoms with Gasteiger partial charge in [-0.05, 0) is 79.9 Å². The van der Waals surface area contributed by atoms with Crippen LogP contribution in [0.1, 0.15) is 10.4 Å². The number of rotatable bonds is 3. The van der Waals surface area contributed by atoms with E-state index in [2.05, 4.69) is 0 Å². The molecule has 1 amide bonds. The maximum absolute atomic E-state index is 13.7. The van der Waals surface area contributed by atoms with Crippen molar-refractivity contribution in [2.45, 2.75) is 4.90 Å². The molecule has 0 unspecified atom stereocenters. The SMILES string of the molecule is O=C(NS(=O)(=O)c1c(F)c(F)c(F)c(F)c1F)c1cc(I)cc(I)c1I. The third kappa shape index (κ3) is 4.08. The standard InChI is InChI=1S/C13H3F5I3NO3S/c14-6-7(15)9(17)12(10(18)8(6)16)26(24,25)22-13(23)4-1-3(19)2-5(20)11(4)21/h1-2H,(H,22,23). The van der Waals surface area contributed by atoms with Gasteiger partial charge in [-0.1, -0.05) is 0 Å². The number of halogens is 8. The minimum absolute atomic E-state index is 0.144. The molecule has 0 bridgehead atoms. The average Bonchev–Trinajstić information content (AvgIpc) is 2.53. The van der Waals surface area contributed by atoms with E-state index in [4.69, 9.17) is 0 Å². The van der Waals surface area contributed by atoms with Gasteiger partial charge in [-0.3, -0.25) is 4.79 Å². The lowest BCUT2D eigenvalue weighted by atomic mass is 10.2. The Morgan fingerprint density at radius 3 is 1.81 bits per heavy atom. The number of nitrogens with one attached hydrogen (secondary N) is 1. The van der Waals surface area contributed by atoms with Gasteiger partial charge in [0.2, 0.25) is 5.82 Å². The van der Waals surface area contributed by atoms with Gasteiger partial charge in [0.15, 0.2) is 28.2 Å². The molecule has 0 atom stereocenters. The first-order valence-corrected chi connectivity index (χ1v) is 10.8. The lowest BCUT2D eigenvalue weighted by molar-refractivity contribution is 0.0980.